The predicted octanol–water partition coefficient (Wildman–Crippen LogP) is 1.22. The molecule has 122 valence electrons. The van der Waals surface area contributed by atoms with E-state index in [0.717, 1.165) is 0 Å². The third-order valence-electron chi connectivity index (χ3n) is 4.37. The maximum atomic E-state index is 13.8. The van der Waals surface area contributed by atoms with Crippen LogP contribution in [0.15, 0.2) is 18.2 Å². The molecule has 0 saturated carbocycles. The molecule has 4 amide bonds. The smallest absolute Gasteiger partial charge is 0.322 e. The van der Waals surface area contributed by atoms with Crippen LogP contribution in [0.5, 0.6) is 0 Å². The van der Waals surface area contributed by atoms with Gasteiger partial charge in [0.05, 0.1) is 6.42 Å². The highest BCUT2D eigenvalue weighted by Gasteiger charge is 2.48. The number of amides is 4. The first-order chi connectivity index (χ1) is 10.9. The van der Waals surface area contributed by atoms with Crippen molar-refractivity contribution in [3.63, 3.8) is 0 Å². The van der Waals surface area contributed by atoms with Gasteiger partial charge in [0.1, 0.15) is 11.4 Å². The highest BCUT2D eigenvalue weighted by atomic mass is 35.5. The molecular formula is C15H15ClFN3O3. The third-order valence-corrected chi connectivity index (χ3v) is 4.73. The number of piperidine rings is 1. The summed E-state index contributed by atoms with van der Waals surface area (Å²) in [4.78, 5) is 37.0. The van der Waals surface area contributed by atoms with E-state index in [9.17, 15) is 18.8 Å². The van der Waals surface area contributed by atoms with Crippen molar-refractivity contribution in [3.8, 4) is 0 Å². The molecule has 1 spiro atoms. The molecule has 2 aliphatic heterocycles. The second kappa shape index (κ2) is 5.81. The molecule has 0 aliphatic carbocycles. The summed E-state index contributed by atoms with van der Waals surface area (Å²) < 4.78 is 13.8. The van der Waals surface area contributed by atoms with Gasteiger partial charge in [-0.3, -0.25) is 14.9 Å². The molecule has 0 radical (unpaired) electrons. The van der Waals surface area contributed by atoms with Crippen LogP contribution in [-0.4, -0.2) is 41.4 Å². The first-order valence-corrected chi connectivity index (χ1v) is 7.63. The zero-order chi connectivity index (χ0) is 16.6. The van der Waals surface area contributed by atoms with E-state index in [1.54, 1.807) is 4.90 Å². The van der Waals surface area contributed by atoms with E-state index in [1.807, 2.05) is 0 Å². The van der Waals surface area contributed by atoms with E-state index in [0.29, 0.717) is 25.9 Å². The van der Waals surface area contributed by atoms with Gasteiger partial charge in [-0.25, -0.2) is 9.18 Å². The van der Waals surface area contributed by atoms with Crippen molar-refractivity contribution in [3.05, 3.63) is 34.6 Å². The fourth-order valence-corrected chi connectivity index (χ4v) is 3.21. The van der Waals surface area contributed by atoms with Crippen molar-refractivity contribution in [2.45, 2.75) is 24.8 Å². The zero-order valence-electron chi connectivity index (χ0n) is 12.2. The van der Waals surface area contributed by atoms with Gasteiger partial charge in [0.15, 0.2) is 0 Å². The molecule has 2 aliphatic rings. The van der Waals surface area contributed by atoms with E-state index in [2.05, 4.69) is 10.6 Å². The van der Waals surface area contributed by atoms with Crippen LogP contribution >= 0.6 is 11.6 Å². The number of urea groups is 1. The van der Waals surface area contributed by atoms with Gasteiger partial charge in [-0.2, -0.15) is 0 Å². The van der Waals surface area contributed by atoms with Gasteiger partial charge < -0.3 is 10.2 Å². The van der Waals surface area contributed by atoms with Gasteiger partial charge in [0.2, 0.25) is 5.91 Å². The Morgan fingerprint density at radius 1 is 1.30 bits per heavy atom. The Hall–Kier alpha value is -2.15. The quantitative estimate of drug-likeness (QED) is 0.795. The molecule has 23 heavy (non-hydrogen) atoms. The van der Waals surface area contributed by atoms with Crippen molar-refractivity contribution in [1.29, 1.82) is 0 Å². The normalized spacial score (nSPS) is 19.7. The Balaban J connectivity index is 1.65. The number of imide groups is 1. The van der Waals surface area contributed by atoms with Crippen LogP contribution in [0.2, 0.25) is 5.02 Å². The van der Waals surface area contributed by atoms with Crippen molar-refractivity contribution >= 4 is 29.4 Å². The van der Waals surface area contributed by atoms with E-state index in [4.69, 9.17) is 11.6 Å². The average molecular weight is 340 g/mol. The molecule has 2 N–H and O–H groups in total. The number of hydrogen-bond donors (Lipinski definition) is 2. The standard InChI is InChI=1S/C15H15ClFN3O3/c16-10-2-1-3-11(17)9(10)8-12(21)20-6-4-15(5-7-20)13(22)18-14(23)19-15/h1-3H,4-8H2,(H2,18,19,22,23). The van der Waals surface area contributed by atoms with Gasteiger partial charge in [-0.15, -0.1) is 0 Å². The molecule has 2 fully saturated rings. The average Bonchev–Trinajstić information content (AvgIpc) is 2.77. The number of nitrogens with zero attached hydrogens (tertiary/aromatic N) is 1. The predicted molar refractivity (Wildman–Crippen MR) is 80.3 cm³/mol. The molecule has 0 aromatic heterocycles. The maximum Gasteiger partial charge on any atom is 0.322 e. The van der Waals surface area contributed by atoms with Gasteiger partial charge >= 0.3 is 6.03 Å². The van der Waals surface area contributed by atoms with Crippen molar-refractivity contribution in [1.82, 2.24) is 15.5 Å². The molecule has 0 unspecified atom stereocenters. The number of benzene rings is 1. The highest BCUT2D eigenvalue weighted by molar-refractivity contribution is 6.31. The van der Waals surface area contributed by atoms with Gasteiger partial charge in [0, 0.05) is 23.7 Å². The van der Waals surface area contributed by atoms with Crippen molar-refractivity contribution in [2.24, 2.45) is 0 Å². The number of carbonyl (C=O) groups excluding carboxylic acids is 3. The SMILES string of the molecule is O=C1NC(=O)C2(CCN(C(=O)Cc3c(F)cccc3Cl)CC2)N1. The first-order valence-electron chi connectivity index (χ1n) is 7.25. The van der Waals surface area contributed by atoms with Gasteiger partial charge in [0.25, 0.3) is 5.91 Å². The minimum atomic E-state index is -0.927. The summed E-state index contributed by atoms with van der Waals surface area (Å²) in [6.45, 7) is 0.636. The molecule has 6 nitrogen and oxygen atoms in total. The van der Waals surface area contributed by atoms with E-state index in [1.165, 1.54) is 18.2 Å². The summed E-state index contributed by atoms with van der Waals surface area (Å²) in [7, 11) is 0. The van der Waals surface area contributed by atoms with Crippen LogP contribution in [0.25, 0.3) is 0 Å². The molecule has 2 heterocycles. The molecular weight excluding hydrogens is 325 g/mol. The molecule has 3 rings (SSSR count). The second-order valence-corrected chi connectivity index (χ2v) is 6.16. The fourth-order valence-electron chi connectivity index (χ4n) is 2.98. The lowest BCUT2D eigenvalue weighted by Gasteiger charge is -2.37. The number of halogens is 2. The van der Waals surface area contributed by atoms with Gasteiger partial charge in [-0.05, 0) is 25.0 Å². The number of carbonyl (C=O) groups is 3. The van der Waals surface area contributed by atoms with E-state index >= 15 is 0 Å². The first kappa shape index (κ1) is 15.7. The molecule has 0 atom stereocenters. The summed E-state index contributed by atoms with van der Waals surface area (Å²) in [5.74, 6) is -1.12. The van der Waals surface area contributed by atoms with Crippen molar-refractivity contribution in [2.75, 3.05) is 13.1 Å². The Morgan fingerprint density at radius 3 is 2.57 bits per heavy atom. The molecule has 1 aromatic carbocycles. The molecule has 0 bridgehead atoms. The lowest BCUT2D eigenvalue weighted by molar-refractivity contribution is -0.135. The van der Waals surface area contributed by atoms with Crippen LogP contribution < -0.4 is 10.6 Å². The molecule has 1 aromatic rings. The largest absolute Gasteiger partial charge is 0.342 e. The zero-order valence-corrected chi connectivity index (χ0v) is 13.0. The Bertz CT molecular complexity index is 666. The van der Waals surface area contributed by atoms with Crippen LogP contribution in [0.3, 0.4) is 0 Å². The Morgan fingerprint density at radius 2 is 2.00 bits per heavy atom. The Kier molecular flexibility index (Phi) is 3.97. The van der Waals surface area contributed by atoms with E-state index < -0.39 is 17.4 Å². The minimum Gasteiger partial charge on any atom is -0.342 e. The Labute approximate surface area is 137 Å². The van der Waals surface area contributed by atoms with Crippen LogP contribution in [0.4, 0.5) is 9.18 Å². The van der Waals surface area contributed by atoms with Crippen LogP contribution in [-0.2, 0) is 16.0 Å². The summed E-state index contributed by atoms with van der Waals surface area (Å²) in [6, 6.07) is 3.78. The number of rotatable bonds is 2. The third kappa shape index (κ3) is 2.88. The topological polar surface area (TPSA) is 78.5 Å². The summed E-state index contributed by atoms with van der Waals surface area (Å²) >= 11 is 5.94. The van der Waals surface area contributed by atoms with Crippen molar-refractivity contribution < 1.29 is 18.8 Å². The summed E-state index contributed by atoms with van der Waals surface area (Å²) in [5, 5.41) is 5.06. The summed E-state index contributed by atoms with van der Waals surface area (Å²) in [5.41, 5.74) is -0.755. The number of hydrogen-bond acceptors (Lipinski definition) is 3. The van der Waals surface area contributed by atoms with Crippen LogP contribution in [0.1, 0.15) is 18.4 Å². The second-order valence-electron chi connectivity index (χ2n) is 5.75. The summed E-state index contributed by atoms with van der Waals surface area (Å²) in [6.07, 6.45) is 0.541. The highest BCUT2D eigenvalue weighted by Crippen LogP contribution is 2.27. The minimum absolute atomic E-state index is 0.128. The fraction of sp³-hybridized carbons (Fsp3) is 0.400. The lowest BCUT2D eigenvalue weighted by atomic mass is 9.87. The van der Waals surface area contributed by atoms with Crippen LogP contribution in [0, 0.1) is 5.82 Å². The number of likely N-dealkylation sites (tertiary alicyclic amines) is 1. The number of nitrogens with one attached hydrogen (secondary N) is 2. The molecule has 2 saturated heterocycles. The lowest BCUT2D eigenvalue weighted by Crippen LogP contribution is -2.56. The van der Waals surface area contributed by atoms with E-state index in [-0.39, 0.29) is 28.8 Å². The monoisotopic (exact) mass is 339 g/mol. The maximum absolute atomic E-state index is 13.8. The van der Waals surface area contributed by atoms with Gasteiger partial charge in [-0.1, -0.05) is 17.7 Å². The molecule has 8 heteroatoms.